The molecule has 2 N–H and O–H groups in total. The number of carboxylic acid groups (broad SMARTS) is 1. The van der Waals surface area contributed by atoms with Crippen LogP contribution in [0.1, 0.15) is 25.8 Å². The van der Waals surface area contributed by atoms with Crippen molar-refractivity contribution in [2.75, 3.05) is 6.54 Å². The first kappa shape index (κ1) is 15.1. The van der Waals surface area contributed by atoms with Gasteiger partial charge in [-0.15, -0.1) is 0 Å². The van der Waals surface area contributed by atoms with E-state index in [1.165, 1.54) is 6.07 Å². The van der Waals surface area contributed by atoms with E-state index in [4.69, 9.17) is 5.11 Å². The van der Waals surface area contributed by atoms with Crippen LogP contribution in [0.4, 0.5) is 4.39 Å². The molecule has 0 amide bonds. The van der Waals surface area contributed by atoms with Gasteiger partial charge in [-0.3, -0.25) is 4.79 Å². The average Bonchev–Trinajstić information content (AvgIpc) is 2.26. The van der Waals surface area contributed by atoms with Crippen LogP contribution >= 0.6 is 15.9 Å². The standard InChI is InChI=1S/C13H17BrFNO2/c1-13(2,12(17)18)5-6-16-8-9-3-4-10(14)7-11(9)15/h3-4,7,16H,5-6,8H2,1-2H3,(H,17,18). The molecule has 1 aromatic carbocycles. The van der Waals surface area contributed by atoms with Crippen LogP contribution in [0, 0.1) is 11.2 Å². The number of hydrogen-bond donors (Lipinski definition) is 2. The molecule has 0 saturated carbocycles. The Labute approximate surface area is 115 Å². The van der Waals surface area contributed by atoms with E-state index >= 15 is 0 Å². The Morgan fingerprint density at radius 3 is 2.72 bits per heavy atom. The van der Waals surface area contributed by atoms with Crippen molar-refractivity contribution in [2.45, 2.75) is 26.8 Å². The first-order valence-electron chi connectivity index (χ1n) is 5.71. The molecule has 0 spiro atoms. The Hall–Kier alpha value is -0.940. The van der Waals surface area contributed by atoms with Crippen molar-refractivity contribution in [2.24, 2.45) is 5.41 Å². The summed E-state index contributed by atoms with van der Waals surface area (Å²) in [4.78, 5) is 10.9. The molecule has 5 heteroatoms. The van der Waals surface area contributed by atoms with Crippen molar-refractivity contribution in [3.8, 4) is 0 Å². The highest BCUT2D eigenvalue weighted by Gasteiger charge is 2.26. The van der Waals surface area contributed by atoms with Gasteiger partial charge in [0.1, 0.15) is 5.82 Å². The summed E-state index contributed by atoms with van der Waals surface area (Å²) in [5, 5.41) is 12.0. The van der Waals surface area contributed by atoms with Crippen molar-refractivity contribution < 1.29 is 14.3 Å². The lowest BCUT2D eigenvalue weighted by atomic mass is 9.90. The van der Waals surface area contributed by atoms with Gasteiger partial charge in [-0.05, 0) is 38.9 Å². The zero-order valence-electron chi connectivity index (χ0n) is 10.5. The Morgan fingerprint density at radius 1 is 1.50 bits per heavy atom. The summed E-state index contributed by atoms with van der Waals surface area (Å²) in [7, 11) is 0. The zero-order chi connectivity index (χ0) is 13.8. The van der Waals surface area contributed by atoms with Crippen molar-refractivity contribution in [1.29, 1.82) is 0 Å². The van der Waals surface area contributed by atoms with E-state index in [1.807, 2.05) is 0 Å². The number of aliphatic carboxylic acids is 1. The molecular weight excluding hydrogens is 301 g/mol. The molecule has 0 aliphatic heterocycles. The number of carbonyl (C=O) groups is 1. The largest absolute Gasteiger partial charge is 0.481 e. The molecular formula is C13H17BrFNO2. The van der Waals surface area contributed by atoms with Crippen LogP contribution in [-0.4, -0.2) is 17.6 Å². The molecule has 0 heterocycles. The fraction of sp³-hybridized carbons (Fsp3) is 0.462. The van der Waals surface area contributed by atoms with Crippen LogP contribution in [0.5, 0.6) is 0 Å². The Bertz CT molecular complexity index is 435. The summed E-state index contributed by atoms with van der Waals surface area (Å²) in [5.41, 5.74) is -0.183. The van der Waals surface area contributed by atoms with Gasteiger partial charge in [-0.25, -0.2) is 4.39 Å². The maximum atomic E-state index is 13.5. The molecule has 0 bridgehead atoms. The predicted molar refractivity (Wildman–Crippen MR) is 71.8 cm³/mol. The summed E-state index contributed by atoms with van der Waals surface area (Å²) in [5.74, 6) is -1.09. The van der Waals surface area contributed by atoms with Crippen LogP contribution in [0.25, 0.3) is 0 Å². The molecule has 0 atom stereocenters. The third-order valence-corrected chi connectivity index (χ3v) is 3.33. The lowest BCUT2D eigenvalue weighted by Gasteiger charge is -2.19. The molecule has 0 fully saturated rings. The van der Waals surface area contributed by atoms with E-state index in [2.05, 4.69) is 21.2 Å². The van der Waals surface area contributed by atoms with Gasteiger partial charge in [0.25, 0.3) is 0 Å². The smallest absolute Gasteiger partial charge is 0.309 e. The van der Waals surface area contributed by atoms with E-state index in [1.54, 1.807) is 26.0 Å². The quantitative estimate of drug-likeness (QED) is 0.792. The minimum absolute atomic E-state index is 0.269. The number of halogens is 2. The molecule has 0 unspecified atom stereocenters. The van der Waals surface area contributed by atoms with Gasteiger partial charge in [0, 0.05) is 16.6 Å². The first-order valence-corrected chi connectivity index (χ1v) is 6.50. The van der Waals surface area contributed by atoms with Crippen molar-refractivity contribution in [3.05, 3.63) is 34.1 Å². The normalized spacial score (nSPS) is 11.6. The molecule has 0 saturated heterocycles. The minimum atomic E-state index is -0.820. The summed E-state index contributed by atoms with van der Waals surface area (Å²) in [6.45, 7) is 4.29. The molecule has 1 rings (SSSR count). The fourth-order valence-corrected chi connectivity index (χ4v) is 1.73. The second-order valence-electron chi connectivity index (χ2n) is 4.85. The molecule has 1 aromatic rings. The van der Waals surface area contributed by atoms with E-state index in [0.29, 0.717) is 29.5 Å². The van der Waals surface area contributed by atoms with Crippen LogP contribution in [-0.2, 0) is 11.3 Å². The van der Waals surface area contributed by atoms with Crippen LogP contribution in [0.15, 0.2) is 22.7 Å². The maximum absolute atomic E-state index is 13.5. The minimum Gasteiger partial charge on any atom is -0.481 e. The Kier molecular flexibility index (Phi) is 5.28. The van der Waals surface area contributed by atoms with Crippen LogP contribution in [0.3, 0.4) is 0 Å². The van der Waals surface area contributed by atoms with Crippen molar-refractivity contribution >= 4 is 21.9 Å². The molecule has 0 aliphatic carbocycles. The first-order chi connectivity index (χ1) is 8.33. The number of carboxylic acids is 1. The zero-order valence-corrected chi connectivity index (χ0v) is 12.1. The second-order valence-corrected chi connectivity index (χ2v) is 5.77. The fourth-order valence-electron chi connectivity index (χ4n) is 1.40. The second kappa shape index (κ2) is 6.29. The van der Waals surface area contributed by atoms with E-state index in [0.717, 1.165) is 0 Å². The maximum Gasteiger partial charge on any atom is 0.309 e. The van der Waals surface area contributed by atoms with Gasteiger partial charge >= 0.3 is 5.97 Å². The highest BCUT2D eigenvalue weighted by Crippen LogP contribution is 2.19. The molecule has 100 valence electrons. The number of nitrogens with one attached hydrogen (secondary N) is 1. The number of rotatable bonds is 6. The molecule has 0 radical (unpaired) electrons. The average molecular weight is 318 g/mol. The SMILES string of the molecule is CC(C)(CCNCc1ccc(Br)cc1F)C(=O)O. The third kappa shape index (κ3) is 4.38. The van der Waals surface area contributed by atoms with Gasteiger partial charge in [0.05, 0.1) is 5.41 Å². The molecule has 0 aliphatic rings. The van der Waals surface area contributed by atoms with E-state index in [9.17, 15) is 9.18 Å². The van der Waals surface area contributed by atoms with Crippen molar-refractivity contribution in [1.82, 2.24) is 5.32 Å². The van der Waals surface area contributed by atoms with Gasteiger partial charge in [-0.2, -0.15) is 0 Å². The Balaban J connectivity index is 2.41. The summed E-state index contributed by atoms with van der Waals surface area (Å²) >= 11 is 3.19. The van der Waals surface area contributed by atoms with Gasteiger partial charge in [0.2, 0.25) is 0 Å². The lowest BCUT2D eigenvalue weighted by molar-refractivity contribution is -0.147. The van der Waals surface area contributed by atoms with E-state index < -0.39 is 11.4 Å². The molecule has 0 aromatic heterocycles. The molecule has 18 heavy (non-hydrogen) atoms. The number of benzene rings is 1. The highest BCUT2D eigenvalue weighted by molar-refractivity contribution is 9.10. The third-order valence-electron chi connectivity index (χ3n) is 2.84. The Morgan fingerprint density at radius 2 is 2.17 bits per heavy atom. The highest BCUT2D eigenvalue weighted by atomic mass is 79.9. The van der Waals surface area contributed by atoms with Gasteiger partial charge < -0.3 is 10.4 Å². The summed E-state index contributed by atoms with van der Waals surface area (Å²) in [6, 6.07) is 4.90. The number of hydrogen-bond acceptors (Lipinski definition) is 2. The lowest BCUT2D eigenvalue weighted by Crippen LogP contribution is -2.29. The monoisotopic (exact) mass is 317 g/mol. The summed E-state index contributed by atoms with van der Waals surface area (Å²) < 4.78 is 14.2. The van der Waals surface area contributed by atoms with E-state index in [-0.39, 0.29) is 5.82 Å². The topological polar surface area (TPSA) is 49.3 Å². The van der Waals surface area contributed by atoms with Crippen LogP contribution < -0.4 is 5.32 Å². The van der Waals surface area contributed by atoms with Gasteiger partial charge in [-0.1, -0.05) is 22.0 Å². The van der Waals surface area contributed by atoms with Gasteiger partial charge in [0.15, 0.2) is 0 Å². The van der Waals surface area contributed by atoms with Crippen molar-refractivity contribution in [3.63, 3.8) is 0 Å². The van der Waals surface area contributed by atoms with Crippen LogP contribution in [0.2, 0.25) is 0 Å². The summed E-state index contributed by atoms with van der Waals surface area (Å²) in [6.07, 6.45) is 0.500. The predicted octanol–water partition coefficient (Wildman–Crippen LogP) is 3.18. The molecule has 3 nitrogen and oxygen atoms in total.